The Labute approximate surface area is 138 Å². The van der Waals surface area contributed by atoms with Crippen LogP contribution in [-0.4, -0.2) is 10.5 Å². The number of hydrogen-bond donors (Lipinski definition) is 0. The molecule has 3 nitrogen and oxygen atoms in total. The summed E-state index contributed by atoms with van der Waals surface area (Å²) in [5.41, 5.74) is 3.80. The number of thiazole rings is 1. The van der Waals surface area contributed by atoms with Gasteiger partial charge in [-0.15, -0.1) is 6.42 Å². The molecule has 0 saturated carbocycles. The van der Waals surface area contributed by atoms with Crippen molar-refractivity contribution in [1.29, 1.82) is 0 Å². The second kappa shape index (κ2) is 6.23. The van der Waals surface area contributed by atoms with Gasteiger partial charge in [0.2, 0.25) is 0 Å². The highest BCUT2D eigenvalue weighted by atomic mass is 32.1. The van der Waals surface area contributed by atoms with Crippen LogP contribution in [0.15, 0.2) is 47.5 Å². The van der Waals surface area contributed by atoms with E-state index in [-0.39, 0.29) is 5.91 Å². The third-order valence-electron chi connectivity index (χ3n) is 3.55. The predicted octanol–water partition coefficient (Wildman–Crippen LogP) is 3.69. The van der Waals surface area contributed by atoms with E-state index in [1.807, 2.05) is 48.7 Å². The molecule has 23 heavy (non-hydrogen) atoms. The highest BCUT2D eigenvalue weighted by Crippen LogP contribution is 2.19. The van der Waals surface area contributed by atoms with Crippen LogP contribution in [0.4, 0.5) is 0 Å². The molecule has 0 unspecified atom stereocenters. The van der Waals surface area contributed by atoms with Crippen LogP contribution in [0.2, 0.25) is 0 Å². The Morgan fingerprint density at radius 3 is 2.74 bits per heavy atom. The van der Waals surface area contributed by atoms with Gasteiger partial charge in [-0.05, 0) is 43.7 Å². The fourth-order valence-electron chi connectivity index (χ4n) is 2.44. The first-order valence-electron chi connectivity index (χ1n) is 7.27. The van der Waals surface area contributed by atoms with Crippen LogP contribution < -0.4 is 4.80 Å². The standard InChI is InChI=1S/C19H16N2OS/c1-4-10-21-16-9-8-14(3)12-17(16)23-19(21)20-18(22)15-7-5-6-13(2)11-15/h1,5-9,11-12H,10H2,2-3H3. The van der Waals surface area contributed by atoms with Gasteiger partial charge in [0.1, 0.15) is 0 Å². The van der Waals surface area contributed by atoms with E-state index in [0.717, 1.165) is 15.8 Å². The molecule has 0 atom stereocenters. The minimum atomic E-state index is -0.247. The van der Waals surface area contributed by atoms with Gasteiger partial charge in [-0.2, -0.15) is 4.99 Å². The molecule has 114 valence electrons. The number of nitrogens with zero attached hydrogens (tertiary/aromatic N) is 2. The molecule has 0 fully saturated rings. The van der Waals surface area contributed by atoms with Gasteiger partial charge >= 0.3 is 0 Å². The number of rotatable bonds is 2. The summed E-state index contributed by atoms with van der Waals surface area (Å²) in [4.78, 5) is 17.4. The molecule has 1 aromatic heterocycles. The van der Waals surface area contributed by atoms with Crippen LogP contribution in [0.3, 0.4) is 0 Å². The maximum absolute atomic E-state index is 12.4. The van der Waals surface area contributed by atoms with Crippen LogP contribution in [0.5, 0.6) is 0 Å². The molecule has 3 aromatic rings. The van der Waals surface area contributed by atoms with E-state index in [9.17, 15) is 4.79 Å². The predicted molar refractivity (Wildman–Crippen MR) is 94.5 cm³/mol. The van der Waals surface area contributed by atoms with Gasteiger partial charge in [-0.3, -0.25) is 4.79 Å². The minimum absolute atomic E-state index is 0.247. The van der Waals surface area contributed by atoms with Crippen molar-refractivity contribution in [1.82, 2.24) is 4.57 Å². The first-order chi connectivity index (χ1) is 11.1. The molecule has 2 aromatic carbocycles. The summed E-state index contributed by atoms with van der Waals surface area (Å²) in [7, 11) is 0. The lowest BCUT2D eigenvalue weighted by Gasteiger charge is -2.00. The zero-order chi connectivity index (χ0) is 16.4. The zero-order valence-corrected chi connectivity index (χ0v) is 13.9. The van der Waals surface area contributed by atoms with Crippen molar-refractivity contribution in [3.05, 3.63) is 64.0 Å². The summed E-state index contributed by atoms with van der Waals surface area (Å²) in [5, 5.41) is 0. The topological polar surface area (TPSA) is 34.4 Å². The molecule has 0 aliphatic rings. The first-order valence-corrected chi connectivity index (χ1v) is 8.09. The molecule has 0 saturated heterocycles. The first kappa shape index (κ1) is 15.3. The second-order valence-corrected chi connectivity index (χ2v) is 6.44. The van der Waals surface area contributed by atoms with Gasteiger partial charge in [0.15, 0.2) is 4.80 Å². The lowest BCUT2D eigenvalue weighted by Crippen LogP contribution is -2.16. The number of benzene rings is 2. The summed E-state index contributed by atoms with van der Waals surface area (Å²) in [6.45, 7) is 4.39. The van der Waals surface area contributed by atoms with Gasteiger partial charge in [-0.1, -0.05) is 41.0 Å². The number of carbonyl (C=O) groups excluding carboxylic acids is 1. The number of hydrogen-bond acceptors (Lipinski definition) is 2. The van der Waals surface area contributed by atoms with Crippen LogP contribution >= 0.6 is 11.3 Å². The summed E-state index contributed by atoms with van der Waals surface area (Å²) in [5.74, 6) is 2.39. The van der Waals surface area contributed by atoms with Gasteiger partial charge in [0.05, 0.1) is 16.8 Å². The van der Waals surface area contributed by atoms with Crippen molar-refractivity contribution in [2.75, 3.05) is 0 Å². The van der Waals surface area contributed by atoms with Gasteiger partial charge < -0.3 is 4.57 Å². The third kappa shape index (κ3) is 3.10. The summed E-state index contributed by atoms with van der Waals surface area (Å²) in [6.07, 6.45) is 5.48. The highest BCUT2D eigenvalue weighted by Gasteiger charge is 2.09. The molecule has 4 heteroatoms. The van der Waals surface area contributed by atoms with E-state index in [4.69, 9.17) is 6.42 Å². The maximum atomic E-state index is 12.4. The Hall–Kier alpha value is -2.64. The van der Waals surface area contributed by atoms with E-state index in [1.54, 1.807) is 6.07 Å². The number of fused-ring (bicyclic) bond motifs is 1. The molecular weight excluding hydrogens is 304 g/mol. The lowest BCUT2D eigenvalue weighted by atomic mass is 10.1. The third-order valence-corrected chi connectivity index (χ3v) is 4.59. The molecule has 0 bridgehead atoms. The van der Waals surface area contributed by atoms with Crippen LogP contribution in [0.25, 0.3) is 10.2 Å². The van der Waals surface area contributed by atoms with E-state index in [1.165, 1.54) is 16.9 Å². The van der Waals surface area contributed by atoms with Crippen molar-refractivity contribution < 1.29 is 4.79 Å². The molecule has 1 amide bonds. The molecule has 0 radical (unpaired) electrons. The fraction of sp³-hybridized carbons (Fsp3) is 0.158. The summed E-state index contributed by atoms with van der Waals surface area (Å²) >= 11 is 1.49. The Morgan fingerprint density at radius 2 is 2.00 bits per heavy atom. The largest absolute Gasteiger partial charge is 0.305 e. The number of amides is 1. The molecule has 0 spiro atoms. The van der Waals surface area contributed by atoms with E-state index in [0.29, 0.717) is 16.9 Å². The number of aryl methyl sites for hydroxylation is 2. The number of terminal acetylenes is 1. The van der Waals surface area contributed by atoms with Crippen LogP contribution in [0, 0.1) is 26.2 Å². The Kier molecular flexibility index (Phi) is 4.14. The molecule has 0 aliphatic carbocycles. The normalized spacial score (nSPS) is 11.6. The lowest BCUT2D eigenvalue weighted by molar-refractivity contribution is 0.0998. The minimum Gasteiger partial charge on any atom is -0.305 e. The molecule has 3 rings (SSSR count). The monoisotopic (exact) mass is 320 g/mol. The summed E-state index contributed by atoms with van der Waals surface area (Å²) in [6, 6.07) is 13.6. The van der Waals surface area contributed by atoms with Crippen molar-refractivity contribution >= 4 is 27.5 Å². The molecule has 0 aliphatic heterocycles. The average Bonchev–Trinajstić information content (AvgIpc) is 2.84. The molecular formula is C19H16N2OS. The van der Waals surface area contributed by atoms with Gasteiger partial charge in [0.25, 0.3) is 5.91 Å². The fourth-order valence-corrected chi connectivity index (χ4v) is 3.57. The van der Waals surface area contributed by atoms with Gasteiger partial charge in [0, 0.05) is 5.56 Å². The maximum Gasteiger partial charge on any atom is 0.279 e. The Morgan fingerprint density at radius 1 is 1.22 bits per heavy atom. The van der Waals surface area contributed by atoms with E-state index < -0.39 is 0 Å². The van der Waals surface area contributed by atoms with Crippen molar-refractivity contribution in [3.8, 4) is 12.3 Å². The number of aromatic nitrogens is 1. The van der Waals surface area contributed by atoms with E-state index in [2.05, 4.69) is 17.0 Å². The van der Waals surface area contributed by atoms with Gasteiger partial charge in [-0.25, -0.2) is 0 Å². The van der Waals surface area contributed by atoms with Crippen molar-refractivity contribution in [3.63, 3.8) is 0 Å². The summed E-state index contributed by atoms with van der Waals surface area (Å²) < 4.78 is 2.99. The quantitative estimate of drug-likeness (QED) is 0.663. The number of carbonyl (C=O) groups is 1. The second-order valence-electron chi connectivity index (χ2n) is 5.43. The molecule has 1 heterocycles. The van der Waals surface area contributed by atoms with Crippen LogP contribution in [-0.2, 0) is 6.54 Å². The SMILES string of the molecule is C#CCn1c(=NC(=O)c2cccc(C)c2)sc2cc(C)ccc21. The van der Waals surface area contributed by atoms with Crippen molar-refractivity contribution in [2.45, 2.75) is 20.4 Å². The van der Waals surface area contributed by atoms with Crippen molar-refractivity contribution in [2.24, 2.45) is 4.99 Å². The smallest absolute Gasteiger partial charge is 0.279 e. The highest BCUT2D eigenvalue weighted by molar-refractivity contribution is 7.16. The Bertz CT molecular complexity index is 1000. The molecule has 0 N–H and O–H groups in total. The van der Waals surface area contributed by atoms with E-state index >= 15 is 0 Å². The van der Waals surface area contributed by atoms with Crippen LogP contribution in [0.1, 0.15) is 21.5 Å². The Balaban J connectivity index is 2.16. The zero-order valence-electron chi connectivity index (χ0n) is 13.0. The average molecular weight is 320 g/mol.